The third-order valence-corrected chi connectivity index (χ3v) is 4.19. The van der Waals surface area contributed by atoms with Crippen molar-refractivity contribution in [3.05, 3.63) is 53.6 Å². The van der Waals surface area contributed by atoms with Crippen molar-refractivity contribution in [3.63, 3.8) is 0 Å². The topological polar surface area (TPSA) is 47.7 Å². The minimum absolute atomic E-state index is 0.147. The molecule has 0 bridgehead atoms. The fourth-order valence-corrected chi connectivity index (χ4v) is 3.09. The van der Waals surface area contributed by atoms with Crippen molar-refractivity contribution in [1.29, 1.82) is 0 Å². The van der Waals surface area contributed by atoms with Gasteiger partial charge < -0.3 is 15.2 Å². The first-order chi connectivity index (χ1) is 11.4. The van der Waals surface area contributed by atoms with Crippen LogP contribution in [-0.2, 0) is 13.0 Å². The number of nitrogens with zero attached hydrogens (tertiary/aromatic N) is 1. The zero-order chi connectivity index (χ0) is 17.2. The fourth-order valence-electron chi connectivity index (χ4n) is 3.09. The predicted octanol–water partition coefficient (Wildman–Crippen LogP) is 3.49. The van der Waals surface area contributed by atoms with Crippen LogP contribution in [0.3, 0.4) is 0 Å². The molecule has 0 saturated heterocycles. The summed E-state index contributed by atoms with van der Waals surface area (Å²) in [7, 11) is 2.08. The smallest absolute Gasteiger partial charge is 0.165 e. The molecule has 24 heavy (non-hydrogen) atoms. The van der Waals surface area contributed by atoms with E-state index in [1.807, 2.05) is 30.3 Å². The number of anilines is 1. The van der Waals surface area contributed by atoms with Gasteiger partial charge in [0.25, 0.3) is 0 Å². The molecule has 2 aromatic carbocycles. The predicted molar refractivity (Wildman–Crippen MR) is 97.5 cm³/mol. The molecule has 0 atom stereocenters. The summed E-state index contributed by atoms with van der Waals surface area (Å²) in [6.45, 7) is 6.53. The molecule has 0 spiro atoms. The third-order valence-electron chi connectivity index (χ3n) is 4.19. The molecule has 1 aliphatic rings. The van der Waals surface area contributed by atoms with E-state index in [0.29, 0.717) is 6.61 Å². The Labute approximate surface area is 144 Å². The molecule has 4 nitrogen and oxygen atoms in total. The van der Waals surface area contributed by atoms with E-state index in [1.165, 1.54) is 11.1 Å². The zero-order valence-corrected chi connectivity index (χ0v) is 14.7. The number of ether oxygens (including phenoxy) is 2. The molecule has 2 N–H and O–H groups in total. The lowest BCUT2D eigenvalue weighted by atomic mass is 10.0. The first-order valence-corrected chi connectivity index (χ1v) is 8.40. The maximum absolute atomic E-state index is 6.04. The van der Waals surface area contributed by atoms with E-state index in [-0.39, 0.29) is 5.60 Å². The van der Waals surface area contributed by atoms with Gasteiger partial charge in [-0.25, -0.2) is 0 Å². The van der Waals surface area contributed by atoms with Crippen molar-refractivity contribution in [3.8, 4) is 11.5 Å². The van der Waals surface area contributed by atoms with Gasteiger partial charge >= 0.3 is 0 Å². The molecule has 4 heteroatoms. The number of rotatable bonds is 6. The number of likely N-dealkylation sites (N-methyl/N-ethyl adjacent to an activating group) is 1. The normalized spacial score (nSPS) is 15.2. The quantitative estimate of drug-likeness (QED) is 0.826. The molecule has 3 rings (SSSR count). The number of benzene rings is 2. The van der Waals surface area contributed by atoms with Gasteiger partial charge in [0.05, 0.1) is 0 Å². The van der Waals surface area contributed by atoms with Gasteiger partial charge in [-0.2, -0.15) is 0 Å². The molecule has 0 unspecified atom stereocenters. The van der Waals surface area contributed by atoms with Crippen LogP contribution < -0.4 is 15.2 Å². The van der Waals surface area contributed by atoms with E-state index in [0.717, 1.165) is 36.7 Å². The SMILES string of the molecule is CN(CCOc1cccc2c1OC(C)(C)C2)Cc1cccc(N)c1. The molecule has 0 fully saturated rings. The third kappa shape index (κ3) is 4.01. The molecular weight excluding hydrogens is 300 g/mol. The molecule has 0 saturated carbocycles. The highest BCUT2D eigenvalue weighted by Crippen LogP contribution is 2.41. The van der Waals surface area contributed by atoms with Crippen LogP contribution in [0.25, 0.3) is 0 Å². The summed E-state index contributed by atoms with van der Waals surface area (Å²) < 4.78 is 12.0. The van der Waals surface area contributed by atoms with Crippen molar-refractivity contribution in [1.82, 2.24) is 4.90 Å². The van der Waals surface area contributed by atoms with Crippen LogP contribution in [0.15, 0.2) is 42.5 Å². The van der Waals surface area contributed by atoms with Crippen LogP contribution in [0.5, 0.6) is 11.5 Å². The minimum Gasteiger partial charge on any atom is -0.488 e. The fraction of sp³-hybridized carbons (Fsp3) is 0.400. The lowest BCUT2D eigenvalue weighted by Gasteiger charge is -2.20. The Morgan fingerprint density at radius 2 is 2.00 bits per heavy atom. The highest BCUT2D eigenvalue weighted by Gasteiger charge is 2.32. The van der Waals surface area contributed by atoms with E-state index in [2.05, 4.69) is 37.9 Å². The molecular formula is C20H26N2O2. The average molecular weight is 326 g/mol. The van der Waals surface area contributed by atoms with Gasteiger partial charge in [0.15, 0.2) is 11.5 Å². The summed E-state index contributed by atoms with van der Waals surface area (Å²) >= 11 is 0. The summed E-state index contributed by atoms with van der Waals surface area (Å²) in [5, 5.41) is 0. The summed E-state index contributed by atoms with van der Waals surface area (Å²) in [6, 6.07) is 14.1. The van der Waals surface area contributed by atoms with Gasteiger partial charge in [-0.05, 0) is 44.7 Å². The van der Waals surface area contributed by atoms with Crippen LogP contribution in [-0.4, -0.2) is 30.7 Å². The number of nitrogens with two attached hydrogens (primary N) is 1. The Balaban J connectivity index is 1.53. The maximum atomic E-state index is 6.04. The Hall–Kier alpha value is -2.20. The lowest BCUT2D eigenvalue weighted by molar-refractivity contribution is 0.130. The highest BCUT2D eigenvalue weighted by atomic mass is 16.5. The van der Waals surface area contributed by atoms with Crippen LogP contribution >= 0.6 is 0 Å². The second-order valence-corrected chi connectivity index (χ2v) is 7.11. The van der Waals surface area contributed by atoms with Crippen LogP contribution in [0.2, 0.25) is 0 Å². The molecule has 0 aliphatic carbocycles. The standard InChI is InChI=1S/C20H26N2O2/c1-20(2)13-16-7-5-9-18(19(16)24-20)23-11-10-22(3)14-15-6-4-8-17(21)12-15/h4-9,12H,10-11,13-14,21H2,1-3H3. The Bertz CT molecular complexity index is 713. The van der Waals surface area contributed by atoms with E-state index in [4.69, 9.17) is 15.2 Å². The average Bonchev–Trinajstić information content (AvgIpc) is 2.82. The first-order valence-electron chi connectivity index (χ1n) is 8.40. The first kappa shape index (κ1) is 16.7. The molecule has 128 valence electrons. The van der Waals surface area contributed by atoms with Crippen LogP contribution in [0, 0.1) is 0 Å². The summed E-state index contributed by atoms with van der Waals surface area (Å²) in [5.41, 5.74) is 8.92. The van der Waals surface area contributed by atoms with Crippen LogP contribution in [0.4, 0.5) is 5.69 Å². The number of hydrogen-bond donors (Lipinski definition) is 1. The second kappa shape index (κ2) is 6.73. The molecule has 2 aromatic rings. The summed E-state index contributed by atoms with van der Waals surface area (Å²) in [5.74, 6) is 1.75. The van der Waals surface area contributed by atoms with Crippen molar-refractivity contribution in [2.75, 3.05) is 25.9 Å². The van der Waals surface area contributed by atoms with E-state index < -0.39 is 0 Å². The van der Waals surface area contributed by atoms with Gasteiger partial charge in [-0.1, -0.05) is 24.3 Å². The number of fused-ring (bicyclic) bond motifs is 1. The Morgan fingerprint density at radius 1 is 1.21 bits per heavy atom. The van der Waals surface area contributed by atoms with Crippen LogP contribution in [0.1, 0.15) is 25.0 Å². The van der Waals surface area contributed by atoms with E-state index >= 15 is 0 Å². The molecule has 1 heterocycles. The monoisotopic (exact) mass is 326 g/mol. The van der Waals surface area contributed by atoms with Gasteiger partial charge in [0.1, 0.15) is 12.2 Å². The lowest BCUT2D eigenvalue weighted by Crippen LogP contribution is -2.25. The zero-order valence-electron chi connectivity index (χ0n) is 14.7. The van der Waals surface area contributed by atoms with Gasteiger partial charge in [0.2, 0.25) is 0 Å². The summed E-state index contributed by atoms with van der Waals surface area (Å²) in [4.78, 5) is 2.22. The summed E-state index contributed by atoms with van der Waals surface area (Å²) in [6.07, 6.45) is 0.925. The largest absolute Gasteiger partial charge is 0.488 e. The number of para-hydroxylation sites is 1. The van der Waals surface area contributed by atoms with E-state index in [9.17, 15) is 0 Å². The maximum Gasteiger partial charge on any atom is 0.165 e. The molecule has 1 aliphatic heterocycles. The number of nitrogen functional groups attached to an aromatic ring is 1. The van der Waals surface area contributed by atoms with E-state index in [1.54, 1.807) is 0 Å². The van der Waals surface area contributed by atoms with Crippen molar-refractivity contribution in [2.24, 2.45) is 0 Å². The molecule has 0 amide bonds. The highest BCUT2D eigenvalue weighted by molar-refractivity contribution is 5.50. The van der Waals surface area contributed by atoms with Gasteiger partial charge in [0, 0.05) is 30.8 Å². The van der Waals surface area contributed by atoms with Gasteiger partial charge in [-0.15, -0.1) is 0 Å². The minimum atomic E-state index is -0.147. The molecule has 0 aromatic heterocycles. The second-order valence-electron chi connectivity index (χ2n) is 7.11. The van der Waals surface area contributed by atoms with Crippen molar-refractivity contribution < 1.29 is 9.47 Å². The van der Waals surface area contributed by atoms with Crippen molar-refractivity contribution in [2.45, 2.75) is 32.4 Å². The number of hydrogen-bond acceptors (Lipinski definition) is 4. The van der Waals surface area contributed by atoms with Gasteiger partial charge in [-0.3, -0.25) is 4.90 Å². The van der Waals surface area contributed by atoms with Crippen molar-refractivity contribution >= 4 is 5.69 Å². The Kier molecular flexibility index (Phi) is 4.67. The molecule has 0 radical (unpaired) electrons. The Morgan fingerprint density at radius 3 is 2.79 bits per heavy atom.